The highest BCUT2D eigenvalue weighted by molar-refractivity contribution is 7.90. The molecule has 2 unspecified atom stereocenters. The molecule has 0 aliphatic carbocycles. The average molecular weight is 1150 g/mol. The van der Waals surface area contributed by atoms with Gasteiger partial charge in [0.1, 0.15) is 44.9 Å². The van der Waals surface area contributed by atoms with Crippen molar-refractivity contribution in [1.82, 2.24) is 39.5 Å². The molecule has 0 N–H and O–H groups in total. The lowest BCUT2D eigenvalue weighted by Gasteiger charge is -2.47. The van der Waals surface area contributed by atoms with Crippen molar-refractivity contribution in [2.75, 3.05) is 36.7 Å². The molecule has 3 aliphatic rings. The minimum absolute atomic E-state index is 0.0660. The molecule has 8 aromatic rings. The smallest absolute Gasteiger partial charge is 0.248 e. The summed E-state index contributed by atoms with van der Waals surface area (Å²) in [5.41, 5.74) is 4.72. The zero-order valence-electron chi connectivity index (χ0n) is 42.1. The number of halogens is 7. The molecule has 15 nitrogen and oxygen atoms in total. The topological polar surface area (TPSA) is 162 Å². The lowest BCUT2D eigenvalue weighted by molar-refractivity contribution is -0.0366. The quantitative estimate of drug-likeness (QED) is 0.100. The minimum Gasteiger partial charge on any atom is -0.486 e. The Morgan fingerprint density at radius 2 is 1.13 bits per heavy atom. The number of nitrogens with zero attached hydrogens (tertiary/aromatic N) is 9. The van der Waals surface area contributed by atoms with E-state index in [9.17, 15) is 17.2 Å². The van der Waals surface area contributed by atoms with Gasteiger partial charge in [-0.05, 0) is 108 Å². The van der Waals surface area contributed by atoms with Gasteiger partial charge in [0.25, 0.3) is 0 Å². The summed E-state index contributed by atoms with van der Waals surface area (Å²) in [6, 6.07) is 13.5. The number of hydrogen-bond acceptors (Lipinski definition) is 13. The SMILES string of the molecule is C[C@@H](Oc1ccc2c(c1)c(-c1cnc(F)c(F)c1)nn2C1CCCCO1)c1c(Cl)cncc1Cl.C[C@@H](Oc1ccc2c(c1)c(-c1cnc(N3C[C@@H](CS(C)(=O)=O)[C@@H]3C)c(F)c1)nn2C1CCCCO1)c1c(Cl)cncc1Cl. The Labute approximate surface area is 462 Å². The van der Waals surface area contributed by atoms with Crippen molar-refractivity contribution in [3.05, 3.63) is 135 Å². The van der Waals surface area contributed by atoms with E-state index in [1.165, 1.54) is 43.3 Å². The number of sulfone groups is 1. The zero-order valence-corrected chi connectivity index (χ0v) is 46.0. The molecule has 0 bridgehead atoms. The number of rotatable bonds is 13. The van der Waals surface area contributed by atoms with Crippen molar-refractivity contribution in [2.45, 2.75) is 90.0 Å². The fourth-order valence-corrected chi connectivity index (χ4v) is 12.6. The molecule has 3 fully saturated rings. The van der Waals surface area contributed by atoms with Crippen LogP contribution in [0.1, 0.15) is 95.1 Å². The second kappa shape index (κ2) is 22.9. The fourth-order valence-electron chi connectivity index (χ4n) is 10.1. The summed E-state index contributed by atoms with van der Waals surface area (Å²) in [5, 5.41) is 12.7. The molecular formula is C54H52Cl4F3N9O6S. The predicted molar refractivity (Wildman–Crippen MR) is 290 cm³/mol. The minimum atomic E-state index is -3.12. The summed E-state index contributed by atoms with van der Waals surface area (Å²) in [4.78, 5) is 17.8. The molecule has 6 atom stereocenters. The third-order valence-corrected chi connectivity index (χ3v) is 16.2. The lowest BCUT2D eigenvalue weighted by Crippen LogP contribution is -2.57. The Hall–Kier alpha value is -5.80. The van der Waals surface area contributed by atoms with Gasteiger partial charge in [-0.3, -0.25) is 9.97 Å². The molecule has 9 heterocycles. The number of aromatic nitrogens is 8. The van der Waals surface area contributed by atoms with Crippen molar-refractivity contribution in [3.8, 4) is 34.0 Å². The van der Waals surface area contributed by atoms with Crippen LogP contribution in [0.15, 0.2) is 85.7 Å². The first kappa shape index (κ1) is 54.6. The molecule has 404 valence electrons. The van der Waals surface area contributed by atoms with Crippen molar-refractivity contribution < 1.29 is 40.5 Å². The van der Waals surface area contributed by atoms with Crippen LogP contribution >= 0.6 is 46.4 Å². The molecule has 0 spiro atoms. The molecule has 0 radical (unpaired) electrons. The Morgan fingerprint density at radius 3 is 1.55 bits per heavy atom. The molecule has 11 rings (SSSR count). The van der Waals surface area contributed by atoms with E-state index in [2.05, 4.69) is 19.9 Å². The van der Waals surface area contributed by atoms with E-state index in [0.29, 0.717) is 90.4 Å². The molecule has 23 heteroatoms. The number of benzene rings is 2. The summed E-state index contributed by atoms with van der Waals surface area (Å²) in [6.07, 6.45) is 14.4. The normalized spacial score (nSPS) is 19.6. The Morgan fingerprint density at radius 1 is 0.662 bits per heavy atom. The zero-order chi connectivity index (χ0) is 54.3. The van der Waals surface area contributed by atoms with Crippen LogP contribution in [0.25, 0.3) is 44.3 Å². The van der Waals surface area contributed by atoms with Crippen LogP contribution in [0, 0.1) is 23.5 Å². The monoisotopic (exact) mass is 1150 g/mol. The average Bonchev–Trinajstić information content (AvgIpc) is 4.00. The Balaban J connectivity index is 0.000000179. The van der Waals surface area contributed by atoms with Crippen LogP contribution in [0.5, 0.6) is 11.5 Å². The molecule has 2 aromatic carbocycles. The highest BCUT2D eigenvalue weighted by Gasteiger charge is 2.39. The third kappa shape index (κ3) is 11.7. The van der Waals surface area contributed by atoms with E-state index < -0.39 is 39.6 Å². The number of anilines is 1. The molecule has 3 saturated heterocycles. The van der Waals surface area contributed by atoms with E-state index in [1.807, 2.05) is 55.8 Å². The van der Waals surface area contributed by atoms with Gasteiger partial charge in [0.2, 0.25) is 5.95 Å². The Kier molecular flexibility index (Phi) is 16.2. The predicted octanol–water partition coefficient (Wildman–Crippen LogP) is 13.6. The van der Waals surface area contributed by atoms with E-state index in [4.69, 9.17) is 75.5 Å². The van der Waals surface area contributed by atoms with Gasteiger partial charge in [0, 0.05) is 108 Å². The van der Waals surface area contributed by atoms with Crippen LogP contribution in [-0.4, -0.2) is 85.7 Å². The van der Waals surface area contributed by atoms with E-state index in [1.54, 1.807) is 21.8 Å². The summed E-state index contributed by atoms with van der Waals surface area (Å²) in [7, 11) is -3.12. The largest absolute Gasteiger partial charge is 0.486 e. The molecule has 3 aliphatic heterocycles. The first-order chi connectivity index (χ1) is 36.9. The summed E-state index contributed by atoms with van der Waals surface area (Å²) in [5.74, 6) is -1.41. The van der Waals surface area contributed by atoms with Gasteiger partial charge in [-0.1, -0.05) is 46.4 Å². The second-order valence-electron chi connectivity index (χ2n) is 19.4. The highest BCUT2D eigenvalue weighted by Crippen LogP contribution is 2.41. The summed E-state index contributed by atoms with van der Waals surface area (Å²) < 4.78 is 94.6. The maximum Gasteiger partial charge on any atom is 0.248 e. The highest BCUT2D eigenvalue weighted by atomic mass is 35.5. The van der Waals surface area contributed by atoms with Gasteiger partial charge < -0.3 is 23.8 Å². The van der Waals surface area contributed by atoms with Crippen molar-refractivity contribution >= 4 is 83.9 Å². The van der Waals surface area contributed by atoms with Gasteiger partial charge >= 0.3 is 0 Å². The van der Waals surface area contributed by atoms with Crippen LogP contribution < -0.4 is 14.4 Å². The first-order valence-corrected chi connectivity index (χ1v) is 28.6. The van der Waals surface area contributed by atoms with Crippen LogP contribution in [-0.2, 0) is 19.3 Å². The van der Waals surface area contributed by atoms with E-state index in [-0.39, 0.29) is 36.0 Å². The van der Waals surface area contributed by atoms with Crippen molar-refractivity contribution in [2.24, 2.45) is 5.92 Å². The van der Waals surface area contributed by atoms with Gasteiger partial charge in [-0.15, -0.1) is 0 Å². The third-order valence-electron chi connectivity index (χ3n) is 14.0. The first-order valence-electron chi connectivity index (χ1n) is 25.0. The van der Waals surface area contributed by atoms with Gasteiger partial charge in [0.05, 0.1) is 36.9 Å². The summed E-state index contributed by atoms with van der Waals surface area (Å²) >= 11 is 25.3. The van der Waals surface area contributed by atoms with E-state index >= 15 is 4.39 Å². The van der Waals surface area contributed by atoms with E-state index in [0.717, 1.165) is 61.0 Å². The maximum atomic E-state index is 15.6. The van der Waals surface area contributed by atoms with Crippen LogP contribution in [0.2, 0.25) is 20.1 Å². The number of ether oxygens (including phenoxy) is 4. The number of fused-ring (bicyclic) bond motifs is 2. The summed E-state index contributed by atoms with van der Waals surface area (Å²) in [6.45, 7) is 7.29. The molecule has 0 amide bonds. The lowest BCUT2D eigenvalue weighted by atomic mass is 9.91. The van der Waals surface area contributed by atoms with Gasteiger partial charge in [-0.25, -0.2) is 36.5 Å². The maximum absolute atomic E-state index is 15.6. The second-order valence-corrected chi connectivity index (χ2v) is 23.2. The molecule has 77 heavy (non-hydrogen) atoms. The number of hydrogen-bond donors (Lipinski definition) is 0. The fraction of sp³-hybridized carbons (Fsp3) is 0.370. The standard InChI is InChI=1S/C30H32Cl2FN5O4S.C24H20Cl2F2N4O2/c1-17-20(16-43(3,39)40)15-37(17)30-25(33)10-19(12-35-30)29-22-11-21(42-18(2)28-23(31)13-34-14-24(28)32)7-8-26(22)38(36-29)27-6-4-5-9-41-27;1-13(22-17(25)11-29-12-18(22)26)34-15-5-6-20-16(9-15)23(14-8-19(27)24(28)30-10-14)31-32(20)21-4-2-3-7-33-21/h7-8,10-14,17-18,20,27H,4-6,9,15-16H2,1-3H3;5-6,8-13,21H,2-4,7H2,1H3/t17-,18+,20-,27?;13-,21?/m01/s1. The van der Waals surface area contributed by atoms with Gasteiger partial charge in [-0.2, -0.15) is 14.6 Å². The molecule has 6 aromatic heterocycles. The van der Waals surface area contributed by atoms with Gasteiger partial charge in [0.15, 0.2) is 29.9 Å². The van der Waals surface area contributed by atoms with Crippen LogP contribution in [0.3, 0.4) is 0 Å². The van der Waals surface area contributed by atoms with Crippen molar-refractivity contribution in [3.63, 3.8) is 0 Å². The molecular weight excluding hydrogens is 1100 g/mol. The van der Waals surface area contributed by atoms with Crippen molar-refractivity contribution in [1.29, 1.82) is 0 Å². The number of pyridine rings is 4. The Bertz CT molecular complexity index is 3560. The molecule has 0 saturated carbocycles. The van der Waals surface area contributed by atoms with Crippen LogP contribution in [0.4, 0.5) is 19.0 Å².